The van der Waals surface area contributed by atoms with E-state index in [4.69, 9.17) is 4.74 Å². The molecule has 0 aliphatic heterocycles. The Morgan fingerprint density at radius 3 is 2.35 bits per heavy atom. The molecule has 2 rings (SSSR count). The van der Waals surface area contributed by atoms with Gasteiger partial charge in [-0.3, -0.25) is 14.4 Å². The van der Waals surface area contributed by atoms with Crippen LogP contribution in [0.4, 0.5) is 11.4 Å². The fourth-order valence-electron chi connectivity index (χ4n) is 2.30. The van der Waals surface area contributed by atoms with Crippen LogP contribution in [-0.4, -0.2) is 31.4 Å². The predicted molar refractivity (Wildman–Crippen MR) is 99.1 cm³/mol. The molecule has 0 saturated heterocycles. The number of anilines is 2. The van der Waals surface area contributed by atoms with Crippen molar-refractivity contribution in [2.24, 2.45) is 0 Å². The number of amides is 3. The van der Waals surface area contributed by atoms with E-state index in [0.29, 0.717) is 17.1 Å². The molecule has 2 aromatic rings. The van der Waals surface area contributed by atoms with Gasteiger partial charge in [-0.05, 0) is 23.8 Å². The summed E-state index contributed by atoms with van der Waals surface area (Å²) < 4.78 is 5.16. The van der Waals surface area contributed by atoms with Crippen LogP contribution in [0.15, 0.2) is 48.5 Å². The lowest BCUT2D eigenvalue weighted by Crippen LogP contribution is -2.33. The smallest absolute Gasteiger partial charge is 0.243 e. The molecule has 0 unspecified atom stereocenters. The van der Waals surface area contributed by atoms with Gasteiger partial charge in [0, 0.05) is 12.6 Å². The molecule has 0 aliphatic carbocycles. The molecule has 0 saturated carbocycles. The summed E-state index contributed by atoms with van der Waals surface area (Å²) in [7, 11) is 1.49. The first kappa shape index (κ1) is 19.0. The Balaban J connectivity index is 1.89. The van der Waals surface area contributed by atoms with Crippen molar-refractivity contribution in [2.75, 3.05) is 24.3 Å². The van der Waals surface area contributed by atoms with Crippen LogP contribution < -0.4 is 20.7 Å². The molecule has 7 nitrogen and oxygen atoms in total. The fraction of sp³-hybridized carbons (Fsp3) is 0.211. The van der Waals surface area contributed by atoms with Gasteiger partial charge in [0.25, 0.3) is 0 Å². The number of ether oxygens (including phenoxy) is 1. The molecule has 0 aromatic heterocycles. The molecule has 0 aliphatic rings. The van der Waals surface area contributed by atoms with Gasteiger partial charge in [-0.15, -0.1) is 0 Å². The number of hydrogen-bond donors (Lipinski definition) is 3. The van der Waals surface area contributed by atoms with E-state index in [9.17, 15) is 14.4 Å². The summed E-state index contributed by atoms with van der Waals surface area (Å²) in [6.45, 7) is 1.24. The van der Waals surface area contributed by atoms with E-state index >= 15 is 0 Å². The van der Waals surface area contributed by atoms with Crippen LogP contribution in [0.5, 0.6) is 5.75 Å². The second-order valence-electron chi connectivity index (χ2n) is 5.58. The van der Waals surface area contributed by atoms with Gasteiger partial charge in [-0.2, -0.15) is 0 Å². The van der Waals surface area contributed by atoms with E-state index < -0.39 is 0 Å². The molecule has 7 heteroatoms. The topological polar surface area (TPSA) is 96.5 Å². The summed E-state index contributed by atoms with van der Waals surface area (Å²) in [5.41, 5.74) is 1.81. The normalized spacial score (nSPS) is 9.92. The second kappa shape index (κ2) is 9.22. The number of methoxy groups -OCH3 is 1. The Hall–Kier alpha value is -3.35. The molecule has 0 spiro atoms. The van der Waals surface area contributed by atoms with Crippen molar-refractivity contribution in [1.82, 2.24) is 5.32 Å². The summed E-state index contributed by atoms with van der Waals surface area (Å²) in [5, 5.41) is 7.87. The Morgan fingerprint density at radius 1 is 0.962 bits per heavy atom. The second-order valence-corrected chi connectivity index (χ2v) is 5.58. The van der Waals surface area contributed by atoms with Crippen molar-refractivity contribution in [1.29, 1.82) is 0 Å². The third-order valence-corrected chi connectivity index (χ3v) is 3.45. The number of carbonyl (C=O) groups excluding carboxylic acids is 3. The molecule has 0 atom stereocenters. The van der Waals surface area contributed by atoms with E-state index in [1.165, 1.54) is 14.0 Å². The maximum absolute atomic E-state index is 12.0. The third kappa shape index (κ3) is 5.94. The predicted octanol–water partition coefficient (Wildman–Crippen LogP) is 1.95. The summed E-state index contributed by atoms with van der Waals surface area (Å²) in [6.07, 6.45) is 0.212. The highest BCUT2D eigenvalue weighted by Gasteiger charge is 2.10. The van der Waals surface area contributed by atoms with Crippen LogP contribution in [-0.2, 0) is 20.8 Å². The average Bonchev–Trinajstić information content (AvgIpc) is 2.61. The van der Waals surface area contributed by atoms with Crippen molar-refractivity contribution in [3.8, 4) is 5.75 Å². The maximum atomic E-state index is 12.0. The highest BCUT2D eigenvalue weighted by molar-refractivity contribution is 5.96. The lowest BCUT2D eigenvalue weighted by atomic mass is 10.1. The highest BCUT2D eigenvalue weighted by Crippen LogP contribution is 2.27. The Morgan fingerprint density at radius 2 is 1.69 bits per heavy atom. The van der Waals surface area contributed by atoms with Crippen LogP contribution in [0.25, 0.3) is 0 Å². The zero-order chi connectivity index (χ0) is 18.9. The molecule has 0 fully saturated rings. The first-order valence-electron chi connectivity index (χ1n) is 8.04. The lowest BCUT2D eigenvalue weighted by molar-refractivity contribution is -0.123. The maximum Gasteiger partial charge on any atom is 0.243 e. The molecule has 0 bridgehead atoms. The third-order valence-electron chi connectivity index (χ3n) is 3.45. The molecule has 3 N–H and O–H groups in total. The van der Waals surface area contributed by atoms with Crippen molar-refractivity contribution >= 4 is 29.1 Å². The molecule has 3 amide bonds. The van der Waals surface area contributed by atoms with Crippen molar-refractivity contribution in [3.63, 3.8) is 0 Å². The summed E-state index contributed by atoms with van der Waals surface area (Å²) in [6, 6.07) is 14.1. The van der Waals surface area contributed by atoms with Gasteiger partial charge in [-0.1, -0.05) is 30.3 Å². The molecular weight excluding hydrogens is 334 g/mol. The number of benzene rings is 2. The van der Waals surface area contributed by atoms with Gasteiger partial charge in [-0.25, -0.2) is 0 Å². The number of hydrogen-bond acceptors (Lipinski definition) is 4. The van der Waals surface area contributed by atoms with Gasteiger partial charge in [0.05, 0.1) is 25.8 Å². The van der Waals surface area contributed by atoms with Gasteiger partial charge in [0.1, 0.15) is 5.75 Å². The van der Waals surface area contributed by atoms with E-state index in [1.54, 1.807) is 18.2 Å². The zero-order valence-electron chi connectivity index (χ0n) is 14.7. The van der Waals surface area contributed by atoms with E-state index in [-0.39, 0.29) is 30.7 Å². The lowest BCUT2D eigenvalue weighted by Gasteiger charge is -2.12. The van der Waals surface area contributed by atoms with E-state index in [0.717, 1.165) is 5.56 Å². The molecule has 2 aromatic carbocycles. The minimum absolute atomic E-state index is 0.146. The van der Waals surface area contributed by atoms with Crippen LogP contribution in [0.1, 0.15) is 12.5 Å². The molecule has 0 heterocycles. The van der Waals surface area contributed by atoms with Crippen LogP contribution in [0, 0.1) is 0 Å². The summed E-state index contributed by atoms with van der Waals surface area (Å²) in [5.74, 6) is -0.375. The van der Waals surface area contributed by atoms with E-state index in [2.05, 4.69) is 16.0 Å². The SMILES string of the molecule is COc1ccc(NC(=O)CNC(=O)Cc2ccccc2)cc1NC(C)=O. The largest absolute Gasteiger partial charge is 0.495 e. The van der Waals surface area contributed by atoms with Crippen LogP contribution in [0.2, 0.25) is 0 Å². The average molecular weight is 355 g/mol. The van der Waals surface area contributed by atoms with Gasteiger partial charge < -0.3 is 20.7 Å². The molecular formula is C19H21N3O4. The number of carbonyl (C=O) groups is 3. The molecule has 136 valence electrons. The van der Waals surface area contributed by atoms with E-state index in [1.807, 2.05) is 30.3 Å². The summed E-state index contributed by atoms with van der Waals surface area (Å²) in [4.78, 5) is 35.1. The minimum atomic E-state index is -0.370. The number of rotatable bonds is 7. The Labute approximate surface area is 151 Å². The first-order valence-corrected chi connectivity index (χ1v) is 8.04. The Bertz CT molecular complexity index is 791. The van der Waals surface area contributed by atoms with Crippen molar-refractivity contribution in [2.45, 2.75) is 13.3 Å². The standard InChI is InChI=1S/C19H21N3O4/c1-13(23)21-16-11-15(8-9-17(16)26-2)22-19(25)12-20-18(24)10-14-6-4-3-5-7-14/h3-9,11H,10,12H2,1-2H3,(H,20,24)(H,21,23)(H,22,25). The molecule has 26 heavy (non-hydrogen) atoms. The van der Waals surface area contributed by atoms with Gasteiger partial charge in [0.2, 0.25) is 17.7 Å². The Kier molecular flexibility index (Phi) is 6.73. The quantitative estimate of drug-likeness (QED) is 0.707. The number of nitrogens with one attached hydrogen (secondary N) is 3. The highest BCUT2D eigenvalue weighted by atomic mass is 16.5. The fourth-order valence-corrected chi connectivity index (χ4v) is 2.30. The van der Waals surface area contributed by atoms with Gasteiger partial charge in [0.15, 0.2) is 0 Å². The monoisotopic (exact) mass is 355 g/mol. The van der Waals surface area contributed by atoms with Crippen LogP contribution >= 0.6 is 0 Å². The van der Waals surface area contributed by atoms with Gasteiger partial charge >= 0.3 is 0 Å². The van der Waals surface area contributed by atoms with Crippen molar-refractivity contribution < 1.29 is 19.1 Å². The summed E-state index contributed by atoms with van der Waals surface area (Å²) >= 11 is 0. The zero-order valence-corrected chi connectivity index (χ0v) is 14.7. The molecule has 0 radical (unpaired) electrons. The van der Waals surface area contributed by atoms with Crippen molar-refractivity contribution in [3.05, 3.63) is 54.1 Å². The van der Waals surface area contributed by atoms with Crippen LogP contribution in [0.3, 0.4) is 0 Å². The minimum Gasteiger partial charge on any atom is -0.495 e. The first-order chi connectivity index (χ1) is 12.5.